The highest BCUT2D eigenvalue weighted by Gasteiger charge is 2.15. The van der Waals surface area contributed by atoms with Crippen LogP contribution in [0.4, 0.5) is 0 Å². The summed E-state index contributed by atoms with van der Waals surface area (Å²) >= 11 is 2.20. The summed E-state index contributed by atoms with van der Waals surface area (Å²) in [4.78, 5) is 2.59. The zero-order chi connectivity index (χ0) is 12.1. The summed E-state index contributed by atoms with van der Waals surface area (Å²) < 4.78 is 6.48. The molecule has 1 fully saturated rings. The van der Waals surface area contributed by atoms with Crippen molar-refractivity contribution < 1.29 is 4.42 Å². The number of hydrogen-bond donors (Lipinski definition) is 1. The van der Waals surface area contributed by atoms with Gasteiger partial charge in [-0.1, -0.05) is 6.42 Å². The molecule has 2 rings (SSSR count). The van der Waals surface area contributed by atoms with Crippen LogP contribution in [-0.4, -0.2) is 30.6 Å². The number of hydrogen-bond acceptors (Lipinski definition) is 3. The van der Waals surface area contributed by atoms with Gasteiger partial charge < -0.3 is 9.73 Å². The number of furan rings is 1. The van der Waals surface area contributed by atoms with Crippen LogP contribution in [0.5, 0.6) is 0 Å². The van der Waals surface area contributed by atoms with Crippen molar-refractivity contribution in [2.45, 2.75) is 38.8 Å². The number of nitrogens with zero attached hydrogens (tertiary/aromatic N) is 1. The maximum atomic E-state index is 5.52. The van der Waals surface area contributed by atoms with Crippen molar-refractivity contribution in [2.24, 2.45) is 0 Å². The van der Waals surface area contributed by atoms with E-state index in [0.717, 1.165) is 22.6 Å². The number of nitrogens with one attached hydrogen (secondary N) is 1. The van der Waals surface area contributed by atoms with Gasteiger partial charge in [0.25, 0.3) is 0 Å². The lowest BCUT2D eigenvalue weighted by molar-refractivity contribution is 0.170. The van der Waals surface area contributed by atoms with Crippen molar-refractivity contribution in [1.82, 2.24) is 10.2 Å². The van der Waals surface area contributed by atoms with E-state index < -0.39 is 0 Å². The molecule has 4 heteroatoms. The van der Waals surface area contributed by atoms with E-state index in [2.05, 4.69) is 39.7 Å². The van der Waals surface area contributed by atoms with E-state index in [1.807, 2.05) is 12.1 Å². The van der Waals surface area contributed by atoms with Gasteiger partial charge >= 0.3 is 0 Å². The first kappa shape index (κ1) is 13.4. The van der Waals surface area contributed by atoms with Gasteiger partial charge in [0.2, 0.25) is 0 Å². The molecule has 1 aliphatic rings. The van der Waals surface area contributed by atoms with Gasteiger partial charge in [0.15, 0.2) is 3.77 Å². The second kappa shape index (κ2) is 6.75. The van der Waals surface area contributed by atoms with Gasteiger partial charge in [-0.15, -0.1) is 0 Å². The quantitative estimate of drug-likeness (QED) is 0.830. The molecule has 1 atom stereocenters. The van der Waals surface area contributed by atoms with E-state index in [1.54, 1.807) is 0 Å². The number of likely N-dealkylation sites (tertiary alicyclic amines) is 1. The van der Waals surface area contributed by atoms with E-state index >= 15 is 0 Å². The summed E-state index contributed by atoms with van der Waals surface area (Å²) in [5, 5.41) is 3.47. The number of piperidine rings is 1. The maximum absolute atomic E-state index is 5.52. The van der Waals surface area contributed by atoms with Crippen LogP contribution >= 0.6 is 22.6 Å². The Morgan fingerprint density at radius 2 is 2.12 bits per heavy atom. The third-order valence-corrected chi connectivity index (χ3v) is 3.96. The molecule has 0 spiro atoms. The Hall–Kier alpha value is -0.0700. The molecule has 1 aliphatic heterocycles. The van der Waals surface area contributed by atoms with Crippen LogP contribution in [0.25, 0.3) is 0 Å². The summed E-state index contributed by atoms with van der Waals surface area (Å²) in [6.45, 7) is 6.71. The minimum absolute atomic E-state index is 0.629. The van der Waals surface area contributed by atoms with Gasteiger partial charge in [-0.25, -0.2) is 0 Å². The smallest absolute Gasteiger partial charge is 0.164 e. The zero-order valence-electron chi connectivity index (χ0n) is 10.4. The molecule has 0 bridgehead atoms. The van der Waals surface area contributed by atoms with Crippen molar-refractivity contribution in [3.63, 3.8) is 0 Å². The molecule has 3 nitrogen and oxygen atoms in total. The molecule has 0 radical (unpaired) electrons. The monoisotopic (exact) mass is 348 g/mol. The average Bonchev–Trinajstić information content (AvgIpc) is 2.76. The fourth-order valence-electron chi connectivity index (χ4n) is 2.34. The fourth-order valence-corrected chi connectivity index (χ4v) is 2.80. The standard InChI is InChI=1S/C13H21IN2O/c1-11(16-7-3-2-4-8-16)9-15-10-12-5-6-13(14)17-12/h5-6,11,15H,2-4,7-10H2,1H3. The van der Waals surface area contributed by atoms with Crippen LogP contribution in [-0.2, 0) is 6.54 Å². The van der Waals surface area contributed by atoms with E-state index in [9.17, 15) is 0 Å². The van der Waals surface area contributed by atoms with E-state index in [4.69, 9.17) is 4.42 Å². The van der Waals surface area contributed by atoms with Gasteiger partial charge in [0.05, 0.1) is 6.54 Å². The molecule has 0 saturated carbocycles. The summed E-state index contributed by atoms with van der Waals surface area (Å²) in [7, 11) is 0. The van der Waals surface area contributed by atoms with Crippen molar-refractivity contribution in [2.75, 3.05) is 19.6 Å². The molecule has 1 unspecified atom stereocenters. The lowest BCUT2D eigenvalue weighted by atomic mass is 10.1. The Morgan fingerprint density at radius 1 is 1.35 bits per heavy atom. The van der Waals surface area contributed by atoms with Gasteiger partial charge in [-0.2, -0.15) is 0 Å². The van der Waals surface area contributed by atoms with Crippen LogP contribution in [0.15, 0.2) is 16.5 Å². The highest BCUT2D eigenvalue weighted by molar-refractivity contribution is 14.1. The summed E-state index contributed by atoms with van der Waals surface area (Å²) in [6, 6.07) is 4.68. The first-order chi connectivity index (χ1) is 8.25. The Morgan fingerprint density at radius 3 is 2.76 bits per heavy atom. The Kier molecular flexibility index (Phi) is 5.31. The van der Waals surface area contributed by atoms with Gasteiger partial charge in [0.1, 0.15) is 5.76 Å². The lowest BCUT2D eigenvalue weighted by Gasteiger charge is -2.32. The predicted octanol–water partition coefficient (Wildman–Crippen LogP) is 2.85. The van der Waals surface area contributed by atoms with Crippen LogP contribution < -0.4 is 5.32 Å². The minimum atomic E-state index is 0.629. The summed E-state index contributed by atoms with van der Waals surface area (Å²) in [6.07, 6.45) is 4.13. The largest absolute Gasteiger partial charge is 0.454 e. The third-order valence-electron chi connectivity index (χ3n) is 3.38. The van der Waals surface area contributed by atoms with E-state index in [-0.39, 0.29) is 0 Å². The molecule has 0 aliphatic carbocycles. The first-order valence-electron chi connectivity index (χ1n) is 6.44. The highest BCUT2D eigenvalue weighted by Crippen LogP contribution is 2.12. The van der Waals surface area contributed by atoms with Crippen LogP contribution in [0.2, 0.25) is 0 Å². The lowest BCUT2D eigenvalue weighted by Crippen LogP contribution is -2.42. The second-order valence-electron chi connectivity index (χ2n) is 4.78. The van der Waals surface area contributed by atoms with Gasteiger partial charge in [0, 0.05) is 12.6 Å². The first-order valence-corrected chi connectivity index (χ1v) is 7.52. The van der Waals surface area contributed by atoms with Gasteiger partial charge in [-0.3, -0.25) is 4.90 Å². The zero-order valence-corrected chi connectivity index (χ0v) is 12.6. The van der Waals surface area contributed by atoms with E-state index in [0.29, 0.717) is 6.04 Å². The molecule has 17 heavy (non-hydrogen) atoms. The Bertz CT molecular complexity index is 334. The summed E-state index contributed by atoms with van der Waals surface area (Å²) in [5.41, 5.74) is 0. The van der Waals surface area contributed by atoms with Gasteiger partial charge in [-0.05, 0) is 67.6 Å². The molecule has 1 N–H and O–H groups in total. The molecule has 96 valence electrons. The molecule has 0 aromatic carbocycles. The molecular weight excluding hydrogens is 327 g/mol. The highest BCUT2D eigenvalue weighted by atomic mass is 127. The SMILES string of the molecule is CC(CNCc1ccc(I)o1)N1CCCCC1. The topological polar surface area (TPSA) is 28.4 Å². The number of halogens is 1. The van der Waals surface area contributed by atoms with Crippen molar-refractivity contribution in [3.05, 3.63) is 21.7 Å². The molecule has 2 heterocycles. The normalized spacial score (nSPS) is 19.4. The Balaban J connectivity index is 1.67. The Labute approximate surface area is 117 Å². The third kappa shape index (κ3) is 4.26. The van der Waals surface area contributed by atoms with Crippen LogP contribution in [0, 0.1) is 3.77 Å². The molecule has 1 aromatic rings. The average molecular weight is 348 g/mol. The van der Waals surface area contributed by atoms with Crippen molar-refractivity contribution in [3.8, 4) is 0 Å². The minimum Gasteiger partial charge on any atom is -0.454 e. The van der Waals surface area contributed by atoms with Crippen LogP contribution in [0.3, 0.4) is 0 Å². The molecule has 1 saturated heterocycles. The second-order valence-corrected chi connectivity index (χ2v) is 5.85. The van der Waals surface area contributed by atoms with Crippen molar-refractivity contribution in [1.29, 1.82) is 0 Å². The molecule has 1 aromatic heterocycles. The summed E-state index contributed by atoms with van der Waals surface area (Å²) in [5.74, 6) is 1.03. The van der Waals surface area contributed by atoms with E-state index in [1.165, 1.54) is 32.4 Å². The predicted molar refractivity (Wildman–Crippen MR) is 78.0 cm³/mol. The molecule has 0 amide bonds. The van der Waals surface area contributed by atoms with Crippen LogP contribution in [0.1, 0.15) is 31.9 Å². The fraction of sp³-hybridized carbons (Fsp3) is 0.692. The van der Waals surface area contributed by atoms with Crippen molar-refractivity contribution >= 4 is 22.6 Å². The maximum Gasteiger partial charge on any atom is 0.164 e. The number of rotatable bonds is 5. The molecular formula is C13H21IN2O.